The number of thiophene rings is 1. The van der Waals surface area contributed by atoms with Gasteiger partial charge in [0.2, 0.25) is 0 Å². The maximum atomic E-state index is 6.26. The van der Waals surface area contributed by atoms with Crippen molar-refractivity contribution < 1.29 is 0 Å². The van der Waals surface area contributed by atoms with Gasteiger partial charge in [0.1, 0.15) is 0 Å². The molecule has 1 aromatic rings. The molecule has 1 nitrogen and oxygen atoms in total. The summed E-state index contributed by atoms with van der Waals surface area (Å²) in [6.45, 7) is 6.62. The first kappa shape index (κ1) is 14.7. The normalized spacial score (nSPS) is 12.9. The van der Waals surface area contributed by atoms with Crippen LogP contribution in [0.2, 0.25) is 0 Å². The van der Waals surface area contributed by atoms with Crippen LogP contribution in [0.15, 0.2) is 6.07 Å². The predicted octanol–water partition coefficient (Wildman–Crippen LogP) is 5.12. The third-order valence-electron chi connectivity index (χ3n) is 3.35. The summed E-state index contributed by atoms with van der Waals surface area (Å²) >= 11 is 1.87. The average molecular weight is 253 g/mol. The van der Waals surface area contributed by atoms with E-state index in [2.05, 4.69) is 26.8 Å². The highest BCUT2D eigenvalue weighted by molar-refractivity contribution is 7.12. The topological polar surface area (TPSA) is 26.0 Å². The van der Waals surface area contributed by atoms with Crippen molar-refractivity contribution in [2.45, 2.75) is 71.8 Å². The summed E-state index contributed by atoms with van der Waals surface area (Å²) in [7, 11) is 0. The van der Waals surface area contributed by atoms with E-state index in [0.717, 1.165) is 6.42 Å². The molecular formula is C15H27NS. The fraction of sp³-hybridized carbons (Fsp3) is 0.733. The van der Waals surface area contributed by atoms with E-state index in [1.54, 1.807) is 0 Å². The van der Waals surface area contributed by atoms with Crippen LogP contribution >= 0.6 is 11.3 Å². The Morgan fingerprint density at radius 2 is 1.76 bits per heavy atom. The Kier molecular flexibility index (Phi) is 6.83. The molecule has 0 bridgehead atoms. The summed E-state index contributed by atoms with van der Waals surface area (Å²) < 4.78 is 0. The van der Waals surface area contributed by atoms with Crippen LogP contribution in [0.1, 0.15) is 73.2 Å². The van der Waals surface area contributed by atoms with Gasteiger partial charge in [-0.1, -0.05) is 45.4 Å². The van der Waals surface area contributed by atoms with Crippen molar-refractivity contribution in [3.05, 3.63) is 21.4 Å². The van der Waals surface area contributed by atoms with E-state index in [-0.39, 0.29) is 6.04 Å². The Bertz CT molecular complexity index is 317. The van der Waals surface area contributed by atoms with Gasteiger partial charge in [-0.3, -0.25) is 0 Å². The molecule has 0 fully saturated rings. The number of rotatable bonds is 8. The highest BCUT2D eigenvalue weighted by Crippen LogP contribution is 2.27. The van der Waals surface area contributed by atoms with Gasteiger partial charge >= 0.3 is 0 Å². The highest BCUT2D eigenvalue weighted by atomic mass is 32.1. The minimum Gasteiger partial charge on any atom is -0.324 e. The summed E-state index contributed by atoms with van der Waals surface area (Å²) in [6.07, 6.45) is 9.24. The maximum Gasteiger partial charge on any atom is 0.0305 e. The second-order valence-corrected chi connectivity index (χ2v) is 6.49. The standard InChI is InChI=1S/C15H27NS/c1-4-5-6-7-8-9-10-15(16)14-11-12(2)17-13(14)3/h11,15H,4-10,16H2,1-3H3. The first-order chi connectivity index (χ1) is 8.15. The maximum absolute atomic E-state index is 6.26. The van der Waals surface area contributed by atoms with Crippen LogP contribution in [0.5, 0.6) is 0 Å². The summed E-state index contributed by atoms with van der Waals surface area (Å²) in [6, 6.07) is 2.52. The minimum atomic E-state index is 0.256. The molecule has 1 atom stereocenters. The van der Waals surface area contributed by atoms with E-state index >= 15 is 0 Å². The first-order valence-corrected chi connectivity index (χ1v) is 7.79. The third kappa shape index (κ3) is 5.22. The molecule has 0 aromatic carbocycles. The quantitative estimate of drug-likeness (QED) is 0.640. The van der Waals surface area contributed by atoms with E-state index < -0.39 is 0 Å². The summed E-state index contributed by atoms with van der Waals surface area (Å²) in [4.78, 5) is 2.79. The van der Waals surface area contributed by atoms with E-state index in [1.165, 1.54) is 53.8 Å². The predicted molar refractivity (Wildman–Crippen MR) is 78.7 cm³/mol. The van der Waals surface area contributed by atoms with Gasteiger partial charge in [0.25, 0.3) is 0 Å². The van der Waals surface area contributed by atoms with E-state index in [9.17, 15) is 0 Å². The zero-order chi connectivity index (χ0) is 12.7. The lowest BCUT2D eigenvalue weighted by Gasteiger charge is -2.11. The van der Waals surface area contributed by atoms with Gasteiger partial charge in [0.15, 0.2) is 0 Å². The van der Waals surface area contributed by atoms with Crippen LogP contribution in [-0.2, 0) is 0 Å². The fourth-order valence-corrected chi connectivity index (χ4v) is 3.32. The molecule has 0 spiro atoms. The van der Waals surface area contributed by atoms with Crippen molar-refractivity contribution in [2.75, 3.05) is 0 Å². The molecule has 0 aliphatic rings. The average Bonchev–Trinajstić information content (AvgIpc) is 2.62. The second-order valence-electron chi connectivity index (χ2n) is 5.03. The van der Waals surface area contributed by atoms with Crippen molar-refractivity contribution in [2.24, 2.45) is 5.73 Å². The van der Waals surface area contributed by atoms with Crippen molar-refractivity contribution >= 4 is 11.3 Å². The number of unbranched alkanes of at least 4 members (excludes halogenated alkanes) is 5. The highest BCUT2D eigenvalue weighted by Gasteiger charge is 2.10. The van der Waals surface area contributed by atoms with Crippen LogP contribution in [0, 0.1) is 13.8 Å². The Labute approximate surface area is 110 Å². The molecule has 1 rings (SSSR count). The molecule has 98 valence electrons. The van der Waals surface area contributed by atoms with Crippen LogP contribution in [0.4, 0.5) is 0 Å². The molecule has 0 saturated heterocycles. The second kappa shape index (κ2) is 7.88. The minimum absolute atomic E-state index is 0.256. The monoisotopic (exact) mass is 253 g/mol. The molecule has 0 saturated carbocycles. The Hall–Kier alpha value is -0.340. The lowest BCUT2D eigenvalue weighted by molar-refractivity contribution is 0.547. The number of nitrogens with two attached hydrogens (primary N) is 1. The SMILES string of the molecule is CCCCCCCCC(N)c1cc(C)sc1C. The Balaban J connectivity index is 2.21. The lowest BCUT2D eigenvalue weighted by atomic mass is 10.0. The molecule has 0 aliphatic carbocycles. The van der Waals surface area contributed by atoms with Crippen molar-refractivity contribution in [1.29, 1.82) is 0 Å². The molecule has 2 N–H and O–H groups in total. The number of hydrogen-bond acceptors (Lipinski definition) is 2. The van der Waals surface area contributed by atoms with Gasteiger partial charge < -0.3 is 5.73 Å². The van der Waals surface area contributed by atoms with Crippen LogP contribution < -0.4 is 5.73 Å². The largest absolute Gasteiger partial charge is 0.324 e. The number of hydrogen-bond donors (Lipinski definition) is 1. The smallest absolute Gasteiger partial charge is 0.0305 e. The fourth-order valence-electron chi connectivity index (χ4n) is 2.32. The van der Waals surface area contributed by atoms with Crippen molar-refractivity contribution in [3.63, 3.8) is 0 Å². The van der Waals surface area contributed by atoms with Gasteiger partial charge in [-0.15, -0.1) is 11.3 Å². The van der Waals surface area contributed by atoms with Gasteiger partial charge in [-0.05, 0) is 31.9 Å². The first-order valence-electron chi connectivity index (χ1n) is 6.97. The lowest BCUT2D eigenvalue weighted by Crippen LogP contribution is -2.10. The molecule has 2 heteroatoms. The van der Waals surface area contributed by atoms with Crippen molar-refractivity contribution in [3.8, 4) is 0 Å². The van der Waals surface area contributed by atoms with Crippen LogP contribution in [0.25, 0.3) is 0 Å². The molecule has 0 radical (unpaired) electrons. The van der Waals surface area contributed by atoms with Crippen LogP contribution in [0.3, 0.4) is 0 Å². The van der Waals surface area contributed by atoms with Crippen molar-refractivity contribution in [1.82, 2.24) is 0 Å². The summed E-state index contributed by atoms with van der Waals surface area (Å²) in [5.41, 5.74) is 7.63. The van der Waals surface area contributed by atoms with Gasteiger partial charge in [0, 0.05) is 15.8 Å². The molecule has 0 amide bonds. The Morgan fingerprint density at radius 1 is 1.12 bits per heavy atom. The van der Waals surface area contributed by atoms with Gasteiger partial charge in [0.05, 0.1) is 0 Å². The summed E-state index contributed by atoms with van der Waals surface area (Å²) in [5.74, 6) is 0. The van der Waals surface area contributed by atoms with Gasteiger partial charge in [-0.25, -0.2) is 0 Å². The molecule has 1 aromatic heterocycles. The third-order valence-corrected chi connectivity index (χ3v) is 4.33. The zero-order valence-electron chi connectivity index (χ0n) is 11.6. The molecule has 17 heavy (non-hydrogen) atoms. The Morgan fingerprint density at radius 3 is 2.35 bits per heavy atom. The van der Waals surface area contributed by atoms with Crippen LogP contribution in [-0.4, -0.2) is 0 Å². The van der Waals surface area contributed by atoms with E-state index in [1.807, 2.05) is 11.3 Å². The molecule has 1 unspecified atom stereocenters. The molecular weight excluding hydrogens is 226 g/mol. The van der Waals surface area contributed by atoms with Gasteiger partial charge in [-0.2, -0.15) is 0 Å². The zero-order valence-corrected chi connectivity index (χ0v) is 12.4. The molecule has 0 aliphatic heterocycles. The molecule has 1 heterocycles. The van der Waals surface area contributed by atoms with E-state index in [4.69, 9.17) is 5.73 Å². The summed E-state index contributed by atoms with van der Waals surface area (Å²) in [5, 5.41) is 0. The van der Waals surface area contributed by atoms with E-state index in [0.29, 0.717) is 0 Å². The number of aryl methyl sites for hydroxylation is 2.